The van der Waals surface area contributed by atoms with Gasteiger partial charge < -0.3 is 4.90 Å². The molecule has 2 aliphatic rings. The molecule has 2 fully saturated rings. The van der Waals surface area contributed by atoms with E-state index in [-0.39, 0.29) is 0 Å². The second-order valence-electron chi connectivity index (χ2n) is 10.0. The molecule has 4 rings (SSSR count). The Morgan fingerprint density at radius 1 is 0.964 bits per heavy atom. The van der Waals surface area contributed by atoms with Crippen LogP contribution in [0.3, 0.4) is 0 Å². The van der Waals surface area contributed by atoms with Crippen molar-refractivity contribution in [3.63, 3.8) is 0 Å². The first-order valence-electron chi connectivity index (χ1n) is 11.8. The van der Waals surface area contributed by atoms with Gasteiger partial charge in [-0.3, -0.25) is 0 Å². The standard InChI is InChI=1S/C27H39N/c1-4-22-8-9-24-19-25(11-10-23(24)18-22)26(27(3)14-6-5-7-15-27)20-28-16-12-21(2)13-17-28/h8-11,18-19,21,26H,4-7,12-17,20H2,1-3H3. The van der Waals surface area contributed by atoms with Gasteiger partial charge in [-0.05, 0) is 78.4 Å². The average Bonchev–Trinajstić information content (AvgIpc) is 2.73. The van der Waals surface area contributed by atoms with Crippen LogP contribution in [0.2, 0.25) is 0 Å². The monoisotopic (exact) mass is 377 g/mol. The summed E-state index contributed by atoms with van der Waals surface area (Å²) >= 11 is 0. The third-order valence-electron chi connectivity index (χ3n) is 7.89. The van der Waals surface area contributed by atoms with E-state index in [4.69, 9.17) is 0 Å². The number of rotatable bonds is 5. The fraction of sp³-hybridized carbons (Fsp3) is 0.630. The predicted molar refractivity (Wildman–Crippen MR) is 122 cm³/mol. The molecule has 1 unspecified atom stereocenters. The van der Waals surface area contributed by atoms with Gasteiger partial charge >= 0.3 is 0 Å². The molecule has 0 bridgehead atoms. The van der Waals surface area contributed by atoms with Crippen LogP contribution in [0.5, 0.6) is 0 Å². The van der Waals surface area contributed by atoms with Crippen molar-refractivity contribution in [2.45, 2.75) is 78.1 Å². The fourth-order valence-corrected chi connectivity index (χ4v) is 5.69. The summed E-state index contributed by atoms with van der Waals surface area (Å²) in [5.41, 5.74) is 3.48. The number of benzene rings is 2. The molecule has 0 spiro atoms. The number of aryl methyl sites for hydroxylation is 1. The third kappa shape index (κ3) is 4.30. The second kappa shape index (κ2) is 8.57. The summed E-state index contributed by atoms with van der Waals surface area (Å²) in [4.78, 5) is 2.77. The first-order valence-corrected chi connectivity index (χ1v) is 11.8. The average molecular weight is 378 g/mol. The Hall–Kier alpha value is -1.34. The van der Waals surface area contributed by atoms with Crippen LogP contribution in [0, 0.1) is 11.3 Å². The van der Waals surface area contributed by atoms with Crippen LogP contribution in [0.25, 0.3) is 10.8 Å². The van der Waals surface area contributed by atoms with Crippen molar-refractivity contribution in [2.24, 2.45) is 11.3 Å². The maximum absolute atomic E-state index is 2.77. The Labute approximate surface area is 172 Å². The highest BCUT2D eigenvalue weighted by Gasteiger charge is 2.37. The molecular formula is C27H39N. The first kappa shape index (κ1) is 20.0. The van der Waals surface area contributed by atoms with Gasteiger partial charge in [0.05, 0.1) is 0 Å². The van der Waals surface area contributed by atoms with E-state index in [0.717, 1.165) is 12.3 Å². The molecule has 1 saturated heterocycles. The molecule has 1 heteroatoms. The van der Waals surface area contributed by atoms with Crippen LogP contribution in [0.4, 0.5) is 0 Å². The van der Waals surface area contributed by atoms with Gasteiger partial charge in [-0.2, -0.15) is 0 Å². The fourth-order valence-electron chi connectivity index (χ4n) is 5.69. The second-order valence-corrected chi connectivity index (χ2v) is 10.0. The highest BCUT2D eigenvalue weighted by Crippen LogP contribution is 2.48. The van der Waals surface area contributed by atoms with Gasteiger partial charge in [0.2, 0.25) is 0 Å². The van der Waals surface area contributed by atoms with E-state index >= 15 is 0 Å². The highest BCUT2D eigenvalue weighted by molar-refractivity contribution is 5.84. The van der Waals surface area contributed by atoms with E-state index in [2.05, 4.69) is 62.1 Å². The molecule has 28 heavy (non-hydrogen) atoms. The molecular weight excluding hydrogens is 338 g/mol. The molecule has 2 aromatic carbocycles. The van der Waals surface area contributed by atoms with Gasteiger partial charge in [0.1, 0.15) is 0 Å². The molecule has 152 valence electrons. The van der Waals surface area contributed by atoms with Gasteiger partial charge in [0.25, 0.3) is 0 Å². The minimum Gasteiger partial charge on any atom is -0.303 e. The van der Waals surface area contributed by atoms with Crippen LogP contribution in [0.1, 0.15) is 82.8 Å². The first-order chi connectivity index (χ1) is 13.6. The van der Waals surface area contributed by atoms with Crippen molar-refractivity contribution in [3.8, 4) is 0 Å². The van der Waals surface area contributed by atoms with Crippen molar-refractivity contribution in [2.75, 3.05) is 19.6 Å². The Morgan fingerprint density at radius 2 is 1.64 bits per heavy atom. The number of piperidine rings is 1. The van der Waals surface area contributed by atoms with Gasteiger partial charge in [-0.1, -0.05) is 76.4 Å². The maximum Gasteiger partial charge on any atom is 0.00555 e. The summed E-state index contributed by atoms with van der Waals surface area (Å²) in [7, 11) is 0. The number of nitrogens with zero attached hydrogens (tertiary/aromatic N) is 1. The van der Waals surface area contributed by atoms with E-state index < -0.39 is 0 Å². The van der Waals surface area contributed by atoms with Crippen molar-refractivity contribution in [1.82, 2.24) is 4.90 Å². The number of hydrogen-bond acceptors (Lipinski definition) is 1. The summed E-state index contributed by atoms with van der Waals surface area (Å²) in [6.07, 6.45) is 10.9. The lowest BCUT2D eigenvalue weighted by Crippen LogP contribution is -2.41. The van der Waals surface area contributed by atoms with E-state index in [1.54, 1.807) is 5.56 Å². The SMILES string of the molecule is CCc1ccc2cc(C(CN3CCC(C)CC3)C3(C)CCCCC3)ccc2c1. The summed E-state index contributed by atoms with van der Waals surface area (Å²) in [6, 6.07) is 14.4. The minimum absolute atomic E-state index is 0.457. The van der Waals surface area contributed by atoms with Crippen LogP contribution in [-0.4, -0.2) is 24.5 Å². The van der Waals surface area contributed by atoms with Crippen molar-refractivity contribution < 1.29 is 0 Å². The molecule has 1 atom stereocenters. The molecule has 0 aromatic heterocycles. The summed E-state index contributed by atoms with van der Waals surface area (Å²) < 4.78 is 0. The molecule has 2 aromatic rings. The van der Waals surface area contributed by atoms with Gasteiger partial charge in [0.15, 0.2) is 0 Å². The van der Waals surface area contributed by atoms with Crippen LogP contribution >= 0.6 is 0 Å². The quantitative estimate of drug-likeness (QED) is 0.533. The van der Waals surface area contributed by atoms with Gasteiger partial charge in [0, 0.05) is 12.5 Å². The van der Waals surface area contributed by atoms with Gasteiger partial charge in [-0.15, -0.1) is 0 Å². The van der Waals surface area contributed by atoms with Crippen molar-refractivity contribution in [3.05, 3.63) is 47.5 Å². The maximum atomic E-state index is 2.77. The molecule has 1 aliphatic heterocycles. The van der Waals surface area contributed by atoms with Crippen LogP contribution in [-0.2, 0) is 6.42 Å². The van der Waals surface area contributed by atoms with Crippen molar-refractivity contribution >= 4 is 10.8 Å². The summed E-state index contributed by atoms with van der Waals surface area (Å²) in [5, 5.41) is 2.83. The van der Waals surface area contributed by atoms with Gasteiger partial charge in [-0.25, -0.2) is 0 Å². The lowest BCUT2D eigenvalue weighted by atomic mass is 9.64. The Morgan fingerprint density at radius 3 is 2.36 bits per heavy atom. The van der Waals surface area contributed by atoms with E-state index in [1.165, 1.54) is 80.9 Å². The predicted octanol–water partition coefficient (Wildman–Crippen LogP) is 7.19. The zero-order valence-electron chi connectivity index (χ0n) is 18.3. The highest BCUT2D eigenvalue weighted by atomic mass is 15.1. The number of fused-ring (bicyclic) bond motifs is 1. The Bertz CT molecular complexity index is 778. The zero-order valence-corrected chi connectivity index (χ0v) is 18.3. The van der Waals surface area contributed by atoms with E-state index in [9.17, 15) is 0 Å². The molecule has 1 nitrogen and oxygen atoms in total. The number of likely N-dealkylation sites (tertiary alicyclic amines) is 1. The molecule has 1 heterocycles. The molecule has 1 aliphatic carbocycles. The zero-order chi connectivity index (χ0) is 19.6. The van der Waals surface area contributed by atoms with E-state index in [1.807, 2.05) is 0 Å². The molecule has 1 saturated carbocycles. The van der Waals surface area contributed by atoms with E-state index in [0.29, 0.717) is 11.3 Å². The third-order valence-corrected chi connectivity index (χ3v) is 7.89. The van der Waals surface area contributed by atoms with Crippen LogP contribution in [0.15, 0.2) is 36.4 Å². The summed E-state index contributed by atoms with van der Waals surface area (Å²) in [5.74, 6) is 1.57. The largest absolute Gasteiger partial charge is 0.303 e. The van der Waals surface area contributed by atoms with Crippen molar-refractivity contribution in [1.29, 1.82) is 0 Å². The smallest absolute Gasteiger partial charge is 0.00555 e. The normalized spacial score (nSPS) is 22.4. The molecule has 0 radical (unpaired) electrons. The number of hydrogen-bond donors (Lipinski definition) is 0. The topological polar surface area (TPSA) is 3.24 Å². The van der Waals surface area contributed by atoms with Crippen LogP contribution < -0.4 is 0 Å². The lowest BCUT2D eigenvalue weighted by molar-refractivity contribution is 0.107. The summed E-state index contributed by atoms with van der Waals surface area (Å²) in [6.45, 7) is 11.1. The molecule has 0 N–H and O–H groups in total. The Kier molecular flexibility index (Phi) is 6.11. The minimum atomic E-state index is 0.457. The Balaban J connectivity index is 1.64. The lowest BCUT2D eigenvalue weighted by Gasteiger charge is -2.44. The molecule has 0 amide bonds.